The minimum absolute atomic E-state index is 0.0700. The average Bonchev–Trinajstić information content (AvgIpc) is 3.44. The van der Waals surface area contributed by atoms with E-state index in [0.29, 0.717) is 19.6 Å². The molecule has 0 amide bonds. The zero-order chi connectivity index (χ0) is 28.1. The first-order valence-electron chi connectivity index (χ1n) is 13.8. The number of aryl methyl sites for hydroxylation is 4. The summed E-state index contributed by atoms with van der Waals surface area (Å²) in [4.78, 5) is 18.8. The quantitative estimate of drug-likeness (QED) is 0.239. The van der Waals surface area contributed by atoms with Crippen molar-refractivity contribution in [2.75, 3.05) is 7.11 Å². The summed E-state index contributed by atoms with van der Waals surface area (Å²) in [5, 5.41) is 14.0. The highest BCUT2D eigenvalue weighted by molar-refractivity contribution is 5.85. The van der Waals surface area contributed by atoms with Crippen molar-refractivity contribution in [1.82, 2.24) is 30.1 Å². The van der Waals surface area contributed by atoms with Crippen LogP contribution >= 0.6 is 0 Å². The molecule has 1 unspecified atom stereocenters. The minimum Gasteiger partial charge on any atom is -0.497 e. The summed E-state index contributed by atoms with van der Waals surface area (Å²) < 4.78 is 7.27. The van der Waals surface area contributed by atoms with Gasteiger partial charge in [-0.3, -0.25) is 9.69 Å². The van der Waals surface area contributed by atoms with E-state index < -0.39 is 0 Å². The molecule has 0 spiro atoms. The molecule has 2 heterocycles. The molecule has 0 fully saturated rings. The average molecular weight is 537 g/mol. The summed E-state index contributed by atoms with van der Waals surface area (Å²) in [6, 6.07) is 24.5. The van der Waals surface area contributed by atoms with Crippen LogP contribution in [0.5, 0.6) is 5.75 Å². The molecule has 3 aromatic carbocycles. The lowest BCUT2D eigenvalue weighted by molar-refractivity contribution is 0.160. The molecule has 8 nitrogen and oxygen atoms in total. The zero-order valence-corrected chi connectivity index (χ0v) is 23.6. The number of benzene rings is 3. The molecular weight excluding hydrogens is 500 g/mol. The third-order valence-corrected chi connectivity index (χ3v) is 7.58. The van der Waals surface area contributed by atoms with Crippen molar-refractivity contribution < 1.29 is 4.74 Å². The molecule has 40 heavy (non-hydrogen) atoms. The lowest BCUT2D eigenvalue weighted by atomic mass is 10.0. The van der Waals surface area contributed by atoms with Crippen LogP contribution in [-0.2, 0) is 26.1 Å². The van der Waals surface area contributed by atoms with E-state index in [2.05, 4.69) is 69.6 Å². The fourth-order valence-electron chi connectivity index (χ4n) is 5.29. The monoisotopic (exact) mass is 536 g/mol. The van der Waals surface area contributed by atoms with Crippen molar-refractivity contribution in [3.05, 3.63) is 117 Å². The number of nitrogens with zero attached hydrogens (tertiary/aromatic N) is 5. The van der Waals surface area contributed by atoms with Crippen molar-refractivity contribution in [1.29, 1.82) is 0 Å². The maximum Gasteiger partial charge on any atom is 0.252 e. The Morgan fingerprint density at radius 1 is 0.950 bits per heavy atom. The lowest BCUT2D eigenvalue weighted by Gasteiger charge is -2.30. The number of H-pyrrole nitrogens is 1. The normalized spacial score (nSPS) is 12.2. The number of hydrogen-bond donors (Lipinski definition) is 1. The van der Waals surface area contributed by atoms with Crippen LogP contribution in [0, 0.1) is 13.8 Å². The zero-order valence-electron chi connectivity index (χ0n) is 23.6. The van der Waals surface area contributed by atoms with Crippen molar-refractivity contribution in [2.24, 2.45) is 0 Å². The molecule has 0 aliphatic carbocycles. The standard InChI is InChI=1S/C32H36N6O2/c1-5-29(31-34-35-36-38(31)18-17-24-9-7-6-8-10-24)37(20-25-13-15-27(40-4)16-14-25)21-26-19-28-22(2)11-12-23(3)30(28)33-32(26)39/h6-16,19,29H,5,17-18,20-21H2,1-4H3,(H,33,39). The van der Waals surface area contributed by atoms with Crippen molar-refractivity contribution in [3.63, 3.8) is 0 Å². The second kappa shape index (κ2) is 12.3. The summed E-state index contributed by atoms with van der Waals surface area (Å²) in [5.41, 5.74) is 6.09. The summed E-state index contributed by atoms with van der Waals surface area (Å²) in [6.07, 6.45) is 1.61. The topological polar surface area (TPSA) is 88.9 Å². The maximum atomic E-state index is 13.3. The lowest BCUT2D eigenvalue weighted by Crippen LogP contribution is -2.32. The van der Waals surface area contributed by atoms with Gasteiger partial charge >= 0.3 is 0 Å². The van der Waals surface area contributed by atoms with Crippen molar-refractivity contribution in [2.45, 2.75) is 59.3 Å². The Labute approximate surface area is 234 Å². The van der Waals surface area contributed by atoms with Crippen molar-refractivity contribution >= 4 is 10.9 Å². The molecule has 2 aromatic heterocycles. The van der Waals surface area contributed by atoms with Gasteiger partial charge in [-0.05, 0) is 77.6 Å². The molecular formula is C32H36N6O2. The number of aromatic nitrogens is 5. The molecule has 5 aromatic rings. The highest BCUT2D eigenvalue weighted by Crippen LogP contribution is 2.28. The number of fused-ring (bicyclic) bond motifs is 1. The van der Waals surface area contributed by atoms with E-state index in [4.69, 9.17) is 4.74 Å². The predicted molar refractivity (Wildman–Crippen MR) is 157 cm³/mol. The van der Waals surface area contributed by atoms with Gasteiger partial charge in [-0.2, -0.15) is 0 Å². The first kappa shape index (κ1) is 27.3. The Kier molecular flexibility index (Phi) is 8.36. The SMILES string of the molecule is CCC(c1nnnn1CCc1ccccc1)N(Cc1ccc(OC)cc1)Cc1cc2c(C)ccc(C)c2[nH]c1=O. The molecule has 0 saturated carbocycles. The van der Waals surface area contributed by atoms with Crippen LogP contribution in [0.25, 0.3) is 10.9 Å². The summed E-state index contributed by atoms with van der Waals surface area (Å²) in [6.45, 7) is 7.99. The van der Waals surface area contributed by atoms with E-state index in [-0.39, 0.29) is 11.6 Å². The maximum absolute atomic E-state index is 13.3. The number of methoxy groups -OCH3 is 1. The Morgan fingerprint density at radius 2 is 1.70 bits per heavy atom. The largest absolute Gasteiger partial charge is 0.497 e. The van der Waals surface area contributed by atoms with Gasteiger partial charge < -0.3 is 9.72 Å². The number of tetrazole rings is 1. The molecule has 5 rings (SSSR count). The Bertz CT molecular complexity index is 1630. The third-order valence-electron chi connectivity index (χ3n) is 7.58. The van der Waals surface area contributed by atoms with Crippen molar-refractivity contribution in [3.8, 4) is 5.75 Å². The van der Waals surface area contributed by atoms with Gasteiger partial charge in [0.15, 0.2) is 5.82 Å². The molecule has 206 valence electrons. The first-order chi connectivity index (χ1) is 19.5. The number of pyridine rings is 1. The van der Waals surface area contributed by atoms with Crippen LogP contribution in [0.4, 0.5) is 0 Å². The number of hydrogen-bond acceptors (Lipinski definition) is 6. The first-order valence-corrected chi connectivity index (χ1v) is 13.8. The van der Waals surface area contributed by atoms with Crippen LogP contribution in [0.15, 0.2) is 77.6 Å². The smallest absolute Gasteiger partial charge is 0.252 e. The van der Waals surface area contributed by atoms with Gasteiger partial charge in [0.25, 0.3) is 5.56 Å². The van der Waals surface area contributed by atoms with Crippen LogP contribution in [0.3, 0.4) is 0 Å². The molecule has 8 heteroatoms. The highest BCUT2D eigenvalue weighted by atomic mass is 16.5. The van der Waals surface area contributed by atoms with Crippen LogP contribution in [0.2, 0.25) is 0 Å². The number of aromatic amines is 1. The van der Waals surface area contributed by atoms with Gasteiger partial charge in [-0.15, -0.1) is 5.10 Å². The predicted octanol–water partition coefficient (Wildman–Crippen LogP) is 5.54. The highest BCUT2D eigenvalue weighted by Gasteiger charge is 2.26. The molecule has 0 bridgehead atoms. The van der Waals surface area contributed by atoms with Gasteiger partial charge in [0.2, 0.25) is 0 Å². The van der Waals surface area contributed by atoms with E-state index >= 15 is 0 Å². The van der Waals surface area contributed by atoms with E-state index in [9.17, 15) is 4.79 Å². The Morgan fingerprint density at radius 3 is 2.42 bits per heavy atom. The third kappa shape index (κ3) is 5.97. The van der Waals surface area contributed by atoms with Gasteiger partial charge in [0.05, 0.1) is 18.7 Å². The fraction of sp³-hybridized carbons (Fsp3) is 0.312. The van der Waals surface area contributed by atoms with Gasteiger partial charge in [0.1, 0.15) is 5.75 Å². The van der Waals surface area contributed by atoms with E-state index in [1.807, 2.05) is 54.1 Å². The molecule has 1 atom stereocenters. The van der Waals surface area contributed by atoms with Gasteiger partial charge in [0, 0.05) is 30.6 Å². The van der Waals surface area contributed by atoms with Gasteiger partial charge in [-0.25, -0.2) is 4.68 Å². The number of rotatable bonds is 11. The van der Waals surface area contributed by atoms with E-state index in [1.54, 1.807) is 7.11 Å². The Balaban J connectivity index is 1.50. The molecule has 0 saturated heterocycles. The van der Waals surface area contributed by atoms with E-state index in [1.165, 1.54) is 5.56 Å². The Hall–Kier alpha value is -4.30. The number of ether oxygens (including phenoxy) is 1. The van der Waals surface area contributed by atoms with Crippen LogP contribution < -0.4 is 10.3 Å². The second-order valence-corrected chi connectivity index (χ2v) is 10.3. The molecule has 1 N–H and O–H groups in total. The van der Waals surface area contributed by atoms with E-state index in [0.717, 1.165) is 57.6 Å². The molecule has 0 aliphatic heterocycles. The second-order valence-electron chi connectivity index (χ2n) is 10.3. The summed E-state index contributed by atoms with van der Waals surface area (Å²) >= 11 is 0. The fourth-order valence-corrected chi connectivity index (χ4v) is 5.29. The molecule has 0 aliphatic rings. The summed E-state index contributed by atoms with van der Waals surface area (Å²) in [5.74, 6) is 1.61. The van der Waals surface area contributed by atoms with Gasteiger partial charge in [-0.1, -0.05) is 61.5 Å². The molecule has 0 radical (unpaired) electrons. The summed E-state index contributed by atoms with van der Waals surface area (Å²) in [7, 11) is 1.67. The van der Waals surface area contributed by atoms with Crippen LogP contribution in [0.1, 0.15) is 53.0 Å². The number of nitrogens with one attached hydrogen (secondary N) is 1. The minimum atomic E-state index is -0.0958. The van der Waals surface area contributed by atoms with Crippen LogP contribution in [-0.4, -0.2) is 37.2 Å².